The summed E-state index contributed by atoms with van der Waals surface area (Å²) in [6.07, 6.45) is 5.84. The van der Waals surface area contributed by atoms with E-state index in [1.807, 2.05) is 31.6 Å². The molecule has 3 nitrogen and oxygen atoms in total. The van der Waals surface area contributed by atoms with Crippen LogP contribution in [-0.4, -0.2) is 26.2 Å². The zero-order chi connectivity index (χ0) is 14.0. The third-order valence-electron chi connectivity index (χ3n) is 3.27. The van der Waals surface area contributed by atoms with Crippen LogP contribution in [0.2, 0.25) is 19.6 Å². The molecule has 0 saturated heterocycles. The Morgan fingerprint density at radius 2 is 2.11 bits per heavy atom. The minimum Gasteiger partial charge on any atom is -0.386 e. The maximum Gasteiger partial charge on any atom is 0.227 e. The van der Waals surface area contributed by atoms with E-state index < -0.39 is 14.6 Å². The van der Waals surface area contributed by atoms with Gasteiger partial charge in [-0.1, -0.05) is 6.08 Å². The molecule has 0 aromatic rings. The Kier molecular flexibility index (Phi) is 4.48. The molecule has 0 aromatic carbocycles. The van der Waals surface area contributed by atoms with E-state index in [1.54, 1.807) is 0 Å². The summed E-state index contributed by atoms with van der Waals surface area (Å²) in [7, 11) is -1.84. The molecule has 0 aromatic heterocycles. The first-order chi connectivity index (χ1) is 8.87. The zero-order valence-corrected chi connectivity index (χ0v) is 13.3. The van der Waals surface area contributed by atoms with Crippen LogP contribution < -0.4 is 0 Å². The fourth-order valence-corrected chi connectivity index (χ4v) is 3.09. The first-order valence-corrected chi connectivity index (χ1v) is 10.4. The van der Waals surface area contributed by atoms with Gasteiger partial charge >= 0.3 is 0 Å². The number of rotatable bonds is 3. The number of halogens is 1. The number of nitrogens with zero attached hydrogens (tertiary/aromatic N) is 1. The van der Waals surface area contributed by atoms with Gasteiger partial charge in [-0.25, -0.2) is 9.23 Å². The van der Waals surface area contributed by atoms with Gasteiger partial charge in [0, 0.05) is 5.70 Å². The van der Waals surface area contributed by atoms with Gasteiger partial charge in [0.05, 0.1) is 6.54 Å². The lowest BCUT2D eigenvalue weighted by Gasteiger charge is -2.37. The highest BCUT2D eigenvalue weighted by Gasteiger charge is 2.33. The maximum absolute atomic E-state index is 14.1. The topological polar surface area (TPSA) is 21.7 Å². The molecule has 5 heteroatoms. The molecule has 0 N–H and O–H groups in total. The monoisotopic (exact) mass is 285 g/mol. The third kappa shape index (κ3) is 3.90. The van der Waals surface area contributed by atoms with Crippen molar-refractivity contribution in [3.8, 4) is 0 Å². The maximum atomic E-state index is 14.1. The first-order valence-electron chi connectivity index (χ1n) is 7.03. The highest BCUT2D eigenvalue weighted by Crippen LogP contribution is 2.30. The average Bonchev–Trinajstić information content (AvgIpc) is 2.34. The van der Waals surface area contributed by atoms with Crippen molar-refractivity contribution in [1.82, 2.24) is 5.06 Å². The van der Waals surface area contributed by atoms with E-state index in [0.717, 1.165) is 12.8 Å². The fourth-order valence-electron chi connectivity index (χ4n) is 2.30. The van der Waals surface area contributed by atoms with E-state index in [4.69, 9.17) is 9.26 Å². The largest absolute Gasteiger partial charge is 0.386 e. The van der Waals surface area contributed by atoms with Crippen LogP contribution in [0.15, 0.2) is 23.2 Å². The van der Waals surface area contributed by atoms with Crippen molar-refractivity contribution in [2.45, 2.75) is 58.5 Å². The second-order valence-corrected chi connectivity index (χ2v) is 10.7. The van der Waals surface area contributed by atoms with Gasteiger partial charge in [0.25, 0.3) is 0 Å². The molecule has 0 bridgehead atoms. The Bertz CT molecular complexity index is 401. The fraction of sp³-hybridized carbons (Fsp3) is 0.714. The Hall–Kier alpha value is -0.653. The van der Waals surface area contributed by atoms with Crippen molar-refractivity contribution in [3.05, 3.63) is 23.2 Å². The molecule has 0 spiro atoms. The van der Waals surface area contributed by atoms with Crippen LogP contribution in [0.4, 0.5) is 4.39 Å². The molecule has 0 radical (unpaired) electrons. The standard InChI is InChI=1S/C14H24FNO2Si/c1-11-10-16(12-8-6-5-7-9-12)17-14(13(11)15)18-19(2,3)4/h8,14H,5-7,9-10H2,1-4H3. The lowest BCUT2D eigenvalue weighted by molar-refractivity contribution is -0.237. The number of hydrogen-bond acceptors (Lipinski definition) is 3. The highest BCUT2D eigenvalue weighted by molar-refractivity contribution is 6.69. The lowest BCUT2D eigenvalue weighted by Crippen LogP contribution is -2.42. The minimum atomic E-state index is -1.84. The Labute approximate surface area is 116 Å². The molecular weight excluding hydrogens is 261 g/mol. The van der Waals surface area contributed by atoms with E-state index in [9.17, 15) is 4.39 Å². The van der Waals surface area contributed by atoms with Crippen LogP contribution in [0, 0.1) is 0 Å². The van der Waals surface area contributed by atoms with Crippen LogP contribution in [0.5, 0.6) is 0 Å². The van der Waals surface area contributed by atoms with Gasteiger partial charge in [-0.2, -0.15) is 0 Å². The van der Waals surface area contributed by atoms with Gasteiger partial charge in [-0.3, -0.25) is 5.06 Å². The van der Waals surface area contributed by atoms with Crippen molar-refractivity contribution in [1.29, 1.82) is 0 Å². The van der Waals surface area contributed by atoms with Crippen molar-refractivity contribution < 1.29 is 13.7 Å². The molecule has 1 heterocycles. The third-order valence-corrected chi connectivity index (χ3v) is 4.19. The second-order valence-electron chi connectivity index (χ2n) is 6.27. The van der Waals surface area contributed by atoms with Crippen LogP contribution in [0.3, 0.4) is 0 Å². The number of allylic oxidation sites excluding steroid dienone is 2. The van der Waals surface area contributed by atoms with E-state index in [-0.39, 0.29) is 5.83 Å². The summed E-state index contributed by atoms with van der Waals surface area (Å²) in [5.74, 6) is -0.255. The second kappa shape index (κ2) is 5.77. The van der Waals surface area contributed by atoms with Gasteiger partial charge in [-0.15, -0.1) is 0 Å². The van der Waals surface area contributed by atoms with Crippen LogP contribution in [0.1, 0.15) is 32.6 Å². The van der Waals surface area contributed by atoms with Crippen molar-refractivity contribution >= 4 is 8.32 Å². The highest BCUT2D eigenvalue weighted by atomic mass is 28.4. The first kappa shape index (κ1) is 14.7. The van der Waals surface area contributed by atoms with E-state index >= 15 is 0 Å². The summed E-state index contributed by atoms with van der Waals surface area (Å²) in [6, 6.07) is 0. The molecule has 1 aliphatic carbocycles. The number of hydrogen-bond donors (Lipinski definition) is 0. The van der Waals surface area contributed by atoms with Gasteiger partial charge in [0.1, 0.15) is 0 Å². The molecule has 1 unspecified atom stereocenters. The summed E-state index contributed by atoms with van der Waals surface area (Å²) in [6.45, 7) is 8.44. The SMILES string of the molecule is CC1=C(F)C(O[Si](C)(C)C)ON(C2=CCCCC2)C1. The van der Waals surface area contributed by atoms with Crippen LogP contribution in [0.25, 0.3) is 0 Å². The van der Waals surface area contributed by atoms with Crippen molar-refractivity contribution in [3.63, 3.8) is 0 Å². The van der Waals surface area contributed by atoms with Crippen molar-refractivity contribution in [2.75, 3.05) is 6.54 Å². The van der Waals surface area contributed by atoms with E-state index in [1.165, 1.54) is 18.5 Å². The molecule has 0 fully saturated rings. The van der Waals surface area contributed by atoms with Gasteiger partial charge in [-0.05, 0) is 57.8 Å². The molecule has 2 rings (SSSR count). The molecule has 1 atom stereocenters. The van der Waals surface area contributed by atoms with Gasteiger partial charge in [0.2, 0.25) is 6.29 Å². The predicted octanol–water partition coefficient (Wildman–Crippen LogP) is 4.11. The van der Waals surface area contributed by atoms with Gasteiger partial charge < -0.3 is 4.43 Å². The molecule has 0 amide bonds. The van der Waals surface area contributed by atoms with E-state index in [0.29, 0.717) is 12.1 Å². The average molecular weight is 285 g/mol. The summed E-state index contributed by atoms with van der Waals surface area (Å²) in [5, 5.41) is 1.82. The molecule has 1 aliphatic heterocycles. The molecule has 2 aliphatic rings. The predicted molar refractivity (Wildman–Crippen MR) is 76.4 cm³/mol. The summed E-state index contributed by atoms with van der Waals surface area (Å²) < 4.78 is 19.9. The molecule has 0 saturated carbocycles. The Morgan fingerprint density at radius 3 is 2.68 bits per heavy atom. The minimum absolute atomic E-state index is 0.255. The normalized spacial score (nSPS) is 25.6. The molecular formula is C14H24FNO2Si. The van der Waals surface area contributed by atoms with Gasteiger partial charge in [0.15, 0.2) is 14.1 Å². The Balaban J connectivity index is 2.12. The molecule has 19 heavy (non-hydrogen) atoms. The lowest BCUT2D eigenvalue weighted by atomic mass is 10.0. The van der Waals surface area contributed by atoms with E-state index in [2.05, 4.69) is 6.08 Å². The summed E-state index contributed by atoms with van der Waals surface area (Å²) >= 11 is 0. The van der Waals surface area contributed by atoms with Crippen molar-refractivity contribution in [2.24, 2.45) is 0 Å². The summed E-state index contributed by atoms with van der Waals surface area (Å²) in [4.78, 5) is 5.73. The Morgan fingerprint density at radius 1 is 1.37 bits per heavy atom. The van der Waals surface area contributed by atoms with Crippen LogP contribution >= 0.6 is 0 Å². The summed E-state index contributed by atoms with van der Waals surface area (Å²) in [5.41, 5.74) is 1.88. The number of hydroxylamine groups is 2. The molecule has 108 valence electrons. The zero-order valence-electron chi connectivity index (χ0n) is 12.3. The smallest absolute Gasteiger partial charge is 0.227 e. The quantitative estimate of drug-likeness (QED) is 0.728. The van der Waals surface area contributed by atoms with Crippen LogP contribution in [-0.2, 0) is 9.26 Å².